The first-order valence-corrected chi connectivity index (χ1v) is 7.91. The van der Waals surface area contributed by atoms with E-state index >= 15 is 0 Å². The van der Waals surface area contributed by atoms with Crippen molar-refractivity contribution in [2.24, 2.45) is 23.7 Å². The van der Waals surface area contributed by atoms with Crippen LogP contribution in [0.4, 0.5) is 5.69 Å². The molecule has 2 aliphatic carbocycles. The highest BCUT2D eigenvalue weighted by atomic mass is 35.5. The van der Waals surface area contributed by atoms with Gasteiger partial charge < -0.3 is 15.2 Å². The molecule has 2 bridgehead atoms. The number of carboxylic acids is 1. The molecule has 1 saturated carbocycles. The van der Waals surface area contributed by atoms with Gasteiger partial charge in [-0.05, 0) is 38.1 Å². The van der Waals surface area contributed by atoms with Crippen molar-refractivity contribution in [3.05, 3.63) is 52.6 Å². The predicted octanol–water partition coefficient (Wildman–Crippen LogP) is 2.41. The lowest BCUT2D eigenvalue weighted by Gasteiger charge is -2.27. The summed E-state index contributed by atoms with van der Waals surface area (Å²) in [5, 5.41) is 15.0. The fourth-order valence-corrected chi connectivity index (χ4v) is 3.91. The van der Waals surface area contributed by atoms with Gasteiger partial charge in [0.2, 0.25) is 5.91 Å². The Kier molecular flexibility index (Phi) is 4.02. The minimum absolute atomic E-state index is 0.166. The van der Waals surface area contributed by atoms with Crippen molar-refractivity contribution in [2.75, 3.05) is 5.32 Å². The summed E-state index contributed by atoms with van der Waals surface area (Å²) in [7, 11) is 0. The number of allylic oxidation sites excluding steroid dienone is 4. The number of carbonyl (C=O) groups is 2. The van der Waals surface area contributed by atoms with Crippen LogP contribution in [0.3, 0.4) is 0 Å². The number of carbonyl (C=O) groups excluding carboxylic acids is 2. The van der Waals surface area contributed by atoms with Crippen molar-refractivity contribution < 1.29 is 14.7 Å². The van der Waals surface area contributed by atoms with Crippen LogP contribution in [-0.4, -0.2) is 11.9 Å². The molecule has 3 rings (SSSR count). The van der Waals surface area contributed by atoms with E-state index in [0.29, 0.717) is 10.7 Å². The van der Waals surface area contributed by atoms with Gasteiger partial charge in [-0.2, -0.15) is 0 Å². The normalized spacial score (nSPS) is 28.0. The van der Waals surface area contributed by atoms with Crippen LogP contribution in [0.2, 0.25) is 5.02 Å². The van der Waals surface area contributed by atoms with Crippen LogP contribution in [0, 0.1) is 23.7 Å². The fraction of sp³-hybridized carbons (Fsp3) is 0.333. The Labute approximate surface area is 139 Å². The monoisotopic (exact) mass is 330 g/mol. The SMILES string of the molecule is CC(C)=C1[C@H]2C=C[C@H]1[C@@H](C(=O)Nc1ccc(Cl)cc1)[C@H]2C(=O)[O-]. The third-order valence-corrected chi connectivity index (χ3v) is 4.92. The van der Waals surface area contributed by atoms with Crippen molar-refractivity contribution in [3.8, 4) is 0 Å². The summed E-state index contributed by atoms with van der Waals surface area (Å²) >= 11 is 5.83. The Morgan fingerprint density at radius 3 is 2.13 bits per heavy atom. The lowest BCUT2D eigenvalue weighted by atomic mass is 9.82. The maximum absolute atomic E-state index is 12.7. The second-order valence-corrected chi connectivity index (χ2v) is 6.69. The summed E-state index contributed by atoms with van der Waals surface area (Å²) in [6.45, 7) is 3.91. The van der Waals surface area contributed by atoms with Gasteiger partial charge in [-0.25, -0.2) is 0 Å². The number of hydrogen-bond donors (Lipinski definition) is 1. The van der Waals surface area contributed by atoms with Crippen LogP contribution in [0.1, 0.15) is 13.8 Å². The van der Waals surface area contributed by atoms with E-state index in [-0.39, 0.29) is 17.7 Å². The molecular formula is C18H17ClNO3-. The highest BCUT2D eigenvalue weighted by Crippen LogP contribution is 2.53. The molecule has 5 heteroatoms. The average Bonchev–Trinajstić information content (AvgIpc) is 3.05. The van der Waals surface area contributed by atoms with Crippen molar-refractivity contribution in [1.82, 2.24) is 0 Å². The van der Waals surface area contributed by atoms with E-state index in [4.69, 9.17) is 11.6 Å². The van der Waals surface area contributed by atoms with Crippen molar-refractivity contribution in [3.63, 3.8) is 0 Å². The number of rotatable bonds is 3. The number of anilines is 1. The number of hydrogen-bond acceptors (Lipinski definition) is 3. The number of benzene rings is 1. The highest BCUT2D eigenvalue weighted by molar-refractivity contribution is 6.30. The fourth-order valence-electron chi connectivity index (χ4n) is 3.79. The van der Waals surface area contributed by atoms with E-state index in [1.165, 1.54) is 0 Å². The summed E-state index contributed by atoms with van der Waals surface area (Å²) in [6, 6.07) is 6.74. The zero-order valence-corrected chi connectivity index (χ0v) is 13.6. The molecule has 1 N–H and O–H groups in total. The Morgan fingerprint density at radius 2 is 1.61 bits per heavy atom. The first-order chi connectivity index (χ1) is 10.9. The van der Waals surface area contributed by atoms with Crippen LogP contribution in [0.5, 0.6) is 0 Å². The second-order valence-electron chi connectivity index (χ2n) is 6.26. The van der Waals surface area contributed by atoms with E-state index in [1.54, 1.807) is 24.3 Å². The molecule has 2 aliphatic rings. The molecule has 0 unspecified atom stereocenters. The molecule has 0 aromatic heterocycles. The average molecular weight is 331 g/mol. The summed E-state index contributed by atoms with van der Waals surface area (Å²) in [4.78, 5) is 24.3. The minimum atomic E-state index is -1.17. The molecule has 0 spiro atoms. The molecule has 1 aromatic carbocycles. The zero-order valence-electron chi connectivity index (χ0n) is 12.9. The first kappa shape index (κ1) is 15.8. The molecule has 0 radical (unpaired) electrons. The van der Waals surface area contributed by atoms with Gasteiger partial charge in [0.1, 0.15) is 0 Å². The van der Waals surface area contributed by atoms with Crippen molar-refractivity contribution >= 4 is 29.2 Å². The molecule has 1 amide bonds. The van der Waals surface area contributed by atoms with Gasteiger partial charge in [-0.15, -0.1) is 0 Å². The first-order valence-electron chi connectivity index (χ1n) is 7.53. The van der Waals surface area contributed by atoms with Gasteiger partial charge in [0.25, 0.3) is 0 Å². The number of aliphatic carboxylic acids is 1. The third kappa shape index (κ3) is 2.68. The Balaban J connectivity index is 1.89. The minimum Gasteiger partial charge on any atom is -0.550 e. The number of carboxylic acid groups (broad SMARTS) is 1. The summed E-state index contributed by atoms with van der Waals surface area (Å²) in [6.07, 6.45) is 3.83. The number of amides is 1. The molecule has 1 aromatic rings. The van der Waals surface area contributed by atoms with Crippen LogP contribution < -0.4 is 10.4 Å². The molecule has 1 fully saturated rings. The lowest BCUT2D eigenvalue weighted by molar-refractivity contribution is -0.313. The Bertz CT molecular complexity index is 716. The molecule has 23 heavy (non-hydrogen) atoms. The van der Waals surface area contributed by atoms with Gasteiger partial charge >= 0.3 is 0 Å². The van der Waals surface area contributed by atoms with Crippen molar-refractivity contribution in [2.45, 2.75) is 13.8 Å². The van der Waals surface area contributed by atoms with E-state index in [2.05, 4.69) is 5.32 Å². The van der Waals surface area contributed by atoms with Crippen LogP contribution in [-0.2, 0) is 9.59 Å². The maximum atomic E-state index is 12.7. The van der Waals surface area contributed by atoms with E-state index in [1.807, 2.05) is 26.0 Å². The second kappa shape index (κ2) is 5.85. The van der Waals surface area contributed by atoms with E-state index in [0.717, 1.165) is 11.1 Å². The molecule has 0 aliphatic heterocycles. The Hall–Kier alpha value is -2.07. The zero-order chi connectivity index (χ0) is 16.7. The summed E-state index contributed by atoms with van der Waals surface area (Å²) in [5.41, 5.74) is 2.70. The summed E-state index contributed by atoms with van der Waals surface area (Å²) in [5.74, 6) is -3.33. The van der Waals surface area contributed by atoms with Crippen molar-refractivity contribution in [1.29, 1.82) is 0 Å². The van der Waals surface area contributed by atoms with Gasteiger partial charge in [-0.3, -0.25) is 4.79 Å². The molecule has 4 atom stereocenters. The third-order valence-electron chi connectivity index (χ3n) is 4.67. The van der Waals surface area contributed by atoms with Crippen LogP contribution >= 0.6 is 11.6 Å². The molecule has 0 saturated heterocycles. The van der Waals surface area contributed by atoms with Gasteiger partial charge in [0.15, 0.2) is 0 Å². The standard InChI is InChI=1S/C18H18ClNO3/c1-9(2)14-12-7-8-13(14)16(18(22)23)15(12)17(21)20-11-5-3-10(19)4-6-11/h3-8,12-13,15-16H,1-2H3,(H,20,21)(H,22,23)/p-1/t12-,13-,15-,16+/m1/s1. The molecule has 4 nitrogen and oxygen atoms in total. The largest absolute Gasteiger partial charge is 0.550 e. The highest BCUT2D eigenvalue weighted by Gasteiger charge is 2.52. The van der Waals surface area contributed by atoms with E-state index < -0.39 is 17.8 Å². The van der Waals surface area contributed by atoms with Gasteiger partial charge in [0, 0.05) is 34.4 Å². The van der Waals surface area contributed by atoms with E-state index in [9.17, 15) is 14.7 Å². The van der Waals surface area contributed by atoms with Crippen LogP contribution in [0.25, 0.3) is 0 Å². The smallest absolute Gasteiger partial charge is 0.229 e. The number of halogens is 1. The van der Waals surface area contributed by atoms with Gasteiger partial charge in [-0.1, -0.05) is 34.9 Å². The van der Waals surface area contributed by atoms with Crippen LogP contribution in [0.15, 0.2) is 47.6 Å². The molecule has 0 heterocycles. The number of fused-ring (bicyclic) bond motifs is 2. The molecular weight excluding hydrogens is 314 g/mol. The maximum Gasteiger partial charge on any atom is 0.229 e. The lowest BCUT2D eigenvalue weighted by Crippen LogP contribution is -2.42. The molecule has 120 valence electrons. The van der Waals surface area contributed by atoms with Gasteiger partial charge in [0.05, 0.1) is 5.92 Å². The topological polar surface area (TPSA) is 69.2 Å². The number of nitrogens with one attached hydrogen (secondary N) is 1. The quantitative estimate of drug-likeness (QED) is 0.865. The summed E-state index contributed by atoms with van der Waals surface area (Å²) < 4.78 is 0. The predicted molar refractivity (Wildman–Crippen MR) is 86.6 cm³/mol. The Morgan fingerprint density at radius 1 is 1.04 bits per heavy atom.